The summed E-state index contributed by atoms with van der Waals surface area (Å²) in [6.45, 7) is 1.70. The van der Waals surface area contributed by atoms with Crippen LogP contribution in [0.3, 0.4) is 0 Å². The zero-order valence-corrected chi connectivity index (χ0v) is 12.5. The highest BCUT2D eigenvalue weighted by Crippen LogP contribution is 2.35. The summed E-state index contributed by atoms with van der Waals surface area (Å²) < 4.78 is 6.08. The van der Waals surface area contributed by atoms with Crippen molar-refractivity contribution in [2.75, 3.05) is 0 Å². The number of hydrogen-bond donors (Lipinski definition) is 1. The molecule has 21 heavy (non-hydrogen) atoms. The molecule has 0 amide bonds. The van der Waals surface area contributed by atoms with Crippen molar-refractivity contribution in [1.29, 1.82) is 0 Å². The molecular formula is C14H10BrNO5. The second-order valence-corrected chi connectivity index (χ2v) is 5.08. The fraction of sp³-hybridized carbons (Fsp3) is 0.0714. The topological polar surface area (TPSA) is 89.7 Å². The van der Waals surface area contributed by atoms with E-state index in [2.05, 4.69) is 15.9 Å². The summed E-state index contributed by atoms with van der Waals surface area (Å²) in [5, 5.41) is 20.0. The van der Waals surface area contributed by atoms with E-state index in [1.807, 2.05) is 0 Å². The summed E-state index contributed by atoms with van der Waals surface area (Å²) in [5.74, 6) is -0.789. The van der Waals surface area contributed by atoms with Crippen LogP contribution in [0.15, 0.2) is 40.9 Å². The number of nitro benzene ring substituents is 1. The molecule has 0 heterocycles. The molecule has 2 rings (SSSR count). The molecule has 0 fully saturated rings. The number of carboxylic acids is 1. The van der Waals surface area contributed by atoms with Crippen molar-refractivity contribution in [3.8, 4) is 11.5 Å². The molecule has 6 nitrogen and oxygen atoms in total. The lowest BCUT2D eigenvalue weighted by Crippen LogP contribution is -2.02. The van der Waals surface area contributed by atoms with Crippen molar-refractivity contribution in [2.24, 2.45) is 0 Å². The van der Waals surface area contributed by atoms with Crippen LogP contribution >= 0.6 is 15.9 Å². The Kier molecular flexibility index (Phi) is 4.23. The molecule has 1 N–H and O–H groups in total. The Balaban J connectivity index is 2.50. The summed E-state index contributed by atoms with van der Waals surface area (Å²) in [6.07, 6.45) is 0. The van der Waals surface area contributed by atoms with Gasteiger partial charge in [0, 0.05) is 6.07 Å². The first kappa shape index (κ1) is 15.0. The summed E-state index contributed by atoms with van der Waals surface area (Å²) >= 11 is 3.23. The number of carbonyl (C=O) groups is 1. The highest BCUT2D eigenvalue weighted by molar-refractivity contribution is 9.10. The van der Waals surface area contributed by atoms with E-state index < -0.39 is 10.9 Å². The average Bonchev–Trinajstić information content (AvgIpc) is 2.42. The summed E-state index contributed by atoms with van der Waals surface area (Å²) in [4.78, 5) is 21.5. The van der Waals surface area contributed by atoms with Crippen molar-refractivity contribution in [2.45, 2.75) is 6.92 Å². The van der Waals surface area contributed by atoms with Gasteiger partial charge in [-0.1, -0.05) is 12.1 Å². The molecule has 0 atom stereocenters. The normalized spacial score (nSPS) is 10.2. The average molecular weight is 352 g/mol. The zero-order chi connectivity index (χ0) is 15.6. The number of aromatic carboxylic acids is 1. The highest BCUT2D eigenvalue weighted by Gasteiger charge is 2.17. The van der Waals surface area contributed by atoms with Crippen molar-refractivity contribution in [1.82, 2.24) is 0 Å². The van der Waals surface area contributed by atoms with E-state index >= 15 is 0 Å². The van der Waals surface area contributed by atoms with Crippen molar-refractivity contribution in [3.05, 3.63) is 62.1 Å². The summed E-state index contributed by atoms with van der Waals surface area (Å²) in [7, 11) is 0. The van der Waals surface area contributed by atoms with Gasteiger partial charge in [0.05, 0.1) is 15.5 Å². The van der Waals surface area contributed by atoms with E-state index in [9.17, 15) is 20.0 Å². The van der Waals surface area contributed by atoms with Gasteiger partial charge in [-0.15, -0.1) is 0 Å². The van der Waals surface area contributed by atoms with Gasteiger partial charge < -0.3 is 9.84 Å². The minimum absolute atomic E-state index is 0.00611. The lowest BCUT2D eigenvalue weighted by atomic mass is 10.1. The van der Waals surface area contributed by atoms with Gasteiger partial charge in [0.15, 0.2) is 0 Å². The molecule has 0 spiro atoms. The number of nitrogens with zero attached hydrogens (tertiary/aromatic N) is 1. The van der Waals surface area contributed by atoms with Gasteiger partial charge >= 0.3 is 5.97 Å². The van der Waals surface area contributed by atoms with Gasteiger partial charge in [0.25, 0.3) is 5.69 Å². The quantitative estimate of drug-likeness (QED) is 0.659. The molecule has 0 saturated heterocycles. The van der Waals surface area contributed by atoms with Crippen LogP contribution in [0.25, 0.3) is 0 Å². The van der Waals surface area contributed by atoms with E-state index in [1.54, 1.807) is 19.1 Å². The number of hydrogen-bond acceptors (Lipinski definition) is 4. The number of rotatable bonds is 4. The van der Waals surface area contributed by atoms with Gasteiger partial charge in [-0.25, -0.2) is 4.79 Å². The fourth-order valence-electron chi connectivity index (χ4n) is 1.75. The van der Waals surface area contributed by atoms with E-state index in [0.717, 1.165) is 0 Å². The second-order valence-electron chi connectivity index (χ2n) is 4.23. The van der Waals surface area contributed by atoms with Gasteiger partial charge in [0.2, 0.25) is 0 Å². The molecule has 0 aliphatic heterocycles. The smallest absolute Gasteiger partial charge is 0.339 e. The Morgan fingerprint density at radius 1 is 1.33 bits per heavy atom. The number of nitro groups is 1. The zero-order valence-electron chi connectivity index (χ0n) is 10.9. The first-order valence-corrected chi connectivity index (χ1v) is 6.64. The predicted molar refractivity (Wildman–Crippen MR) is 79.0 cm³/mol. The standard InChI is InChI=1S/C14H10BrNO5/c1-8-3-2-4-10(14(17)18)13(8)21-12-7-9(16(19)20)5-6-11(12)15/h2-7H,1H3,(H,17,18). The second kappa shape index (κ2) is 5.92. The van der Waals surface area contributed by atoms with Gasteiger partial charge in [-0.2, -0.15) is 0 Å². The van der Waals surface area contributed by atoms with Crippen LogP contribution in [0.5, 0.6) is 11.5 Å². The largest absolute Gasteiger partial charge is 0.478 e. The van der Waals surface area contributed by atoms with E-state index in [4.69, 9.17) is 4.74 Å². The molecule has 7 heteroatoms. The van der Waals surface area contributed by atoms with E-state index in [0.29, 0.717) is 10.0 Å². The Hall–Kier alpha value is -2.41. The Bertz CT molecular complexity index is 729. The number of aryl methyl sites for hydroxylation is 1. The number of benzene rings is 2. The minimum atomic E-state index is -1.13. The van der Waals surface area contributed by atoms with Gasteiger partial charge in [-0.05, 0) is 40.5 Å². The molecule has 0 saturated carbocycles. The molecule has 0 aromatic heterocycles. The maximum atomic E-state index is 11.2. The predicted octanol–water partition coefficient (Wildman–Crippen LogP) is 4.16. The first-order chi connectivity index (χ1) is 9.90. The Morgan fingerprint density at radius 3 is 2.67 bits per heavy atom. The third kappa shape index (κ3) is 3.19. The minimum Gasteiger partial charge on any atom is -0.478 e. The number of ether oxygens (including phenoxy) is 1. The summed E-state index contributed by atoms with van der Waals surface area (Å²) in [5.41, 5.74) is 0.473. The van der Waals surface area contributed by atoms with E-state index in [-0.39, 0.29) is 22.7 Å². The van der Waals surface area contributed by atoms with Crippen LogP contribution in [0, 0.1) is 17.0 Å². The molecule has 2 aromatic carbocycles. The number of para-hydroxylation sites is 1. The van der Waals surface area contributed by atoms with Crippen LogP contribution in [-0.4, -0.2) is 16.0 Å². The van der Waals surface area contributed by atoms with Gasteiger partial charge in [-0.3, -0.25) is 10.1 Å². The van der Waals surface area contributed by atoms with Crippen LogP contribution in [0.2, 0.25) is 0 Å². The number of carboxylic acid groups (broad SMARTS) is 1. The molecule has 0 radical (unpaired) electrons. The number of non-ortho nitro benzene ring substituents is 1. The summed E-state index contributed by atoms with van der Waals surface area (Å²) in [6, 6.07) is 8.76. The molecule has 0 aliphatic rings. The maximum absolute atomic E-state index is 11.2. The molecule has 2 aromatic rings. The Morgan fingerprint density at radius 2 is 2.05 bits per heavy atom. The van der Waals surface area contributed by atoms with Crippen LogP contribution in [0.4, 0.5) is 5.69 Å². The van der Waals surface area contributed by atoms with Crippen LogP contribution in [0.1, 0.15) is 15.9 Å². The fourth-order valence-corrected chi connectivity index (χ4v) is 2.08. The van der Waals surface area contributed by atoms with Crippen molar-refractivity contribution < 1.29 is 19.6 Å². The van der Waals surface area contributed by atoms with Crippen molar-refractivity contribution >= 4 is 27.6 Å². The molecule has 0 bridgehead atoms. The van der Waals surface area contributed by atoms with Gasteiger partial charge in [0.1, 0.15) is 17.1 Å². The SMILES string of the molecule is Cc1cccc(C(=O)O)c1Oc1cc([N+](=O)[O-])ccc1Br. The molecule has 0 aliphatic carbocycles. The maximum Gasteiger partial charge on any atom is 0.339 e. The Labute approximate surface area is 128 Å². The lowest BCUT2D eigenvalue weighted by Gasteiger charge is -2.12. The molecule has 0 unspecified atom stereocenters. The molecule has 108 valence electrons. The van der Waals surface area contributed by atoms with E-state index in [1.165, 1.54) is 24.3 Å². The van der Waals surface area contributed by atoms with Crippen molar-refractivity contribution in [3.63, 3.8) is 0 Å². The third-order valence-corrected chi connectivity index (χ3v) is 3.44. The lowest BCUT2D eigenvalue weighted by molar-refractivity contribution is -0.384. The first-order valence-electron chi connectivity index (χ1n) is 5.85. The van der Waals surface area contributed by atoms with Crippen LogP contribution < -0.4 is 4.74 Å². The van der Waals surface area contributed by atoms with Crippen LogP contribution in [-0.2, 0) is 0 Å². The molecular weight excluding hydrogens is 342 g/mol. The highest BCUT2D eigenvalue weighted by atomic mass is 79.9. The third-order valence-electron chi connectivity index (χ3n) is 2.78. The number of halogens is 1. The monoisotopic (exact) mass is 351 g/mol.